The molecular weight excluding hydrogens is 434 g/mol. The van der Waals surface area contributed by atoms with Gasteiger partial charge < -0.3 is 9.64 Å². The molecule has 2 aromatic rings. The van der Waals surface area contributed by atoms with Crippen LogP contribution in [0.1, 0.15) is 49.8 Å². The highest BCUT2D eigenvalue weighted by atomic mass is 32.1. The van der Waals surface area contributed by atoms with Crippen molar-refractivity contribution in [2.24, 2.45) is 0 Å². The minimum atomic E-state index is -0.488. The van der Waals surface area contributed by atoms with Crippen LogP contribution in [-0.2, 0) is 9.59 Å². The van der Waals surface area contributed by atoms with Crippen LogP contribution in [-0.4, -0.2) is 36.6 Å². The Morgan fingerprint density at radius 1 is 1.18 bits per heavy atom. The van der Waals surface area contributed by atoms with Crippen molar-refractivity contribution in [3.05, 3.63) is 58.7 Å². The first-order valence-corrected chi connectivity index (χ1v) is 11.4. The van der Waals surface area contributed by atoms with Gasteiger partial charge in [-0.3, -0.25) is 19.8 Å². The van der Waals surface area contributed by atoms with Gasteiger partial charge in [-0.2, -0.15) is 0 Å². The second kappa shape index (κ2) is 8.30. The molecule has 0 radical (unpaired) electrons. The number of carbonyl (C=O) groups is 2. The molecule has 2 aliphatic heterocycles. The molecule has 2 amide bonds. The number of fused-ring (bicyclic) bond motifs is 1. The standard InChI is InChI=1S/C26H29N3O3S/c1-15-11-22-20(16(2)14-26(3,4)28(22)5)12-17(15)13-21-23(30)27-25(33)29(24(21)31)18-7-9-19(32-6)10-8-18/h7-13,16H,14H2,1-6H3,(H,27,30,33)/b21-13+/t16-/m1/s1. The molecule has 0 aromatic heterocycles. The summed E-state index contributed by atoms with van der Waals surface area (Å²) in [5.74, 6) is 0.0969. The van der Waals surface area contributed by atoms with E-state index in [0.29, 0.717) is 17.4 Å². The lowest BCUT2D eigenvalue weighted by Gasteiger charge is -2.45. The topological polar surface area (TPSA) is 61.9 Å². The SMILES string of the molecule is COc1ccc(N2C(=O)/C(=C/c3cc4c(cc3C)N(C)C(C)(C)C[C@H]4C)C(=O)NC2=S)cc1. The van der Waals surface area contributed by atoms with E-state index < -0.39 is 11.8 Å². The summed E-state index contributed by atoms with van der Waals surface area (Å²) in [6.45, 7) is 8.73. The zero-order valence-corrected chi connectivity index (χ0v) is 20.7. The van der Waals surface area contributed by atoms with E-state index in [0.717, 1.165) is 17.5 Å². The van der Waals surface area contributed by atoms with Crippen molar-refractivity contribution in [1.82, 2.24) is 5.32 Å². The van der Waals surface area contributed by atoms with E-state index in [4.69, 9.17) is 17.0 Å². The Morgan fingerprint density at radius 2 is 1.85 bits per heavy atom. The molecule has 1 N–H and O–H groups in total. The molecule has 2 aromatic carbocycles. The Kier molecular flexibility index (Phi) is 5.78. The summed E-state index contributed by atoms with van der Waals surface area (Å²) < 4.78 is 5.19. The molecule has 1 atom stereocenters. The second-order valence-electron chi connectivity index (χ2n) is 9.40. The second-order valence-corrected chi connectivity index (χ2v) is 9.79. The Labute approximate surface area is 200 Å². The molecule has 6 nitrogen and oxygen atoms in total. The molecule has 4 rings (SSSR count). The number of anilines is 2. The molecule has 0 bridgehead atoms. The molecule has 0 aliphatic carbocycles. The molecule has 2 aliphatic rings. The van der Waals surface area contributed by atoms with Crippen LogP contribution in [0.25, 0.3) is 6.08 Å². The van der Waals surface area contributed by atoms with Gasteiger partial charge in [0.25, 0.3) is 11.8 Å². The van der Waals surface area contributed by atoms with Crippen LogP contribution in [0.3, 0.4) is 0 Å². The summed E-state index contributed by atoms with van der Waals surface area (Å²) in [4.78, 5) is 29.8. The van der Waals surface area contributed by atoms with Gasteiger partial charge in [-0.25, -0.2) is 0 Å². The maximum atomic E-state index is 13.4. The third-order valence-corrected chi connectivity index (χ3v) is 7.04. The lowest BCUT2D eigenvalue weighted by Crippen LogP contribution is -2.54. The Balaban J connectivity index is 1.75. The monoisotopic (exact) mass is 463 g/mol. The van der Waals surface area contributed by atoms with Crippen LogP contribution in [0, 0.1) is 6.92 Å². The number of ether oxygens (including phenoxy) is 1. The summed E-state index contributed by atoms with van der Waals surface area (Å²) in [5.41, 5.74) is 4.96. The number of carbonyl (C=O) groups excluding carboxylic acids is 2. The van der Waals surface area contributed by atoms with Gasteiger partial charge in [0, 0.05) is 18.3 Å². The zero-order valence-electron chi connectivity index (χ0n) is 19.9. The first kappa shape index (κ1) is 23.0. The van der Waals surface area contributed by atoms with E-state index >= 15 is 0 Å². The minimum Gasteiger partial charge on any atom is -0.497 e. The molecule has 1 saturated heterocycles. The van der Waals surface area contributed by atoms with E-state index in [2.05, 4.69) is 50.2 Å². The molecule has 33 heavy (non-hydrogen) atoms. The van der Waals surface area contributed by atoms with Gasteiger partial charge in [-0.1, -0.05) is 6.92 Å². The number of nitrogens with zero attached hydrogens (tertiary/aromatic N) is 2. The average molecular weight is 464 g/mol. The maximum Gasteiger partial charge on any atom is 0.270 e. The van der Waals surface area contributed by atoms with Crippen molar-refractivity contribution in [3.8, 4) is 5.75 Å². The van der Waals surface area contributed by atoms with Crippen molar-refractivity contribution >= 4 is 46.6 Å². The van der Waals surface area contributed by atoms with E-state index in [1.807, 2.05) is 6.92 Å². The van der Waals surface area contributed by atoms with Gasteiger partial charge in [0.2, 0.25) is 0 Å². The van der Waals surface area contributed by atoms with Crippen molar-refractivity contribution < 1.29 is 14.3 Å². The van der Waals surface area contributed by atoms with Crippen LogP contribution in [0.4, 0.5) is 11.4 Å². The summed E-state index contributed by atoms with van der Waals surface area (Å²) in [7, 11) is 3.70. The summed E-state index contributed by atoms with van der Waals surface area (Å²) in [5, 5.41) is 2.72. The highest BCUT2D eigenvalue weighted by molar-refractivity contribution is 7.80. The first-order chi connectivity index (χ1) is 15.5. The number of amides is 2. The number of hydrogen-bond acceptors (Lipinski definition) is 5. The third kappa shape index (κ3) is 4.02. The zero-order chi connectivity index (χ0) is 24.1. The van der Waals surface area contributed by atoms with Gasteiger partial charge in [0.1, 0.15) is 11.3 Å². The van der Waals surface area contributed by atoms with E-state index in [1.165, 1.54) is 16.2 Å². The van der Waals surface area contributed by atoms with Gasteiger partial charge >= 0.3 is 0 Å². The first-order valence-electron chi connectivity index (χ1n) is 11.0. The smallest absolute Gasteiger partial charge is 0.270 e. The maximum absolute atomic E-state index is 13.4. The molecule has 0 spiro atoms. The van der Waals surface area contributed by atoms with Crippen molar-refractivity contribution in [2.45, 2.75) is 45.6 Å². The highest BCUT2D eigenvalue weighted by Crippen LogP contribution is 2.43. The number of methoxy groups -OCH3 is 1. The number of benzene rings is 2. The summed E-state index contributed by atoms with van der Waals surface area (Å²) in [6, 6.07) is 11.2. The molecule has 2 heterocycles. The van der Waals surface area contributed by atoms with Gasteiger partial charge in [0.15, 0.2) is 5.11 Å². The van der Waals surface area contributed by atoms with Crippen molar-refractivity contribution in [2.75, 3.05) is 24.0 Å². The van der Waals surface area contributed by atoms with Crippen LogP contribution in [0.2, 0.25) is 0 Å². The predicted octanol–water partition coefficient (Wildman–Crippen LogP) is 4.56. The Hall–Kier alpha value is -3.19. The summed E-state index contributed by atoms with van der Waals surface area (Å²) >= 11 is 5.31. The highest BCUT2D eigenvalue weighted by Gasteiger charge is 2.36. The Morgan fingerprint density at radius 3 is 2.48 bits per heavy atom. The summed E-state index contributed by atoms with van der Waals surface area (Å²) in [6.07, 6.45) is 2.70. The van der Waals surface area contributed by atoms with Crippen LogP contribution in [0.5, 0.6) is 5.75 Å². The largest absolute Gasteiger partial charge is 0.497 e. The number of rotatable bonds is 3. The minimum absolute atomic E-state index is 0.0552. The fourth-order valence-corrected chi connectivity index (χ4v) is 4.95. The van der Waals surface area contributed by atoms with Crippen molar-refractivity contribution in [3.63, 3.8) is 0 Å². The van der Waals surface area contributed by atoms with Gasteiger partial charge in [0.05, 0.1) is 12.8 Å². The molecule has 0 unspecified atom stereocenters. The van der Waals surface area contributed by atoms with Crippen LogP contribution < -0.4 is 19.9 Å². The number of aryl methyl sites for hydroxylation is 1. The fourth-order valence-electron chi connectivity index (χ4n) is 4.67. The van der Waals surface area contributed by atoms with E-state index in [1.54, 1.807) is 37.5 Å². The third-order valence-electron chi connectivity index (χ3n) is 6.75. The lowest BCUT2D eigenvalue weighted by atomic mass is 9.79. The van der Waals surface area contributed by atoms with Crippen LogP contribution in [0.15, 0.2) is 42.0 Å². The van der Waals surface area contributed by atoms with E-state index in [9.17, 15) is 9.59 Å². The van der Waals surface area contributed by atoms with Crippen LogP contribution >= 0.6 is 12.2 Å². The predicted molar refractivity (Wildman–Crippen MR) is 136 cm³/mol. The number of thiocarbonyl (C=S) groups is 1. The average Bonchev–Trinajstić information content (AvgIpc) is 2.75. The van der Waals surface area contributed by atoms with E-state index in [-0.39, 0.29) is 16.2 Å². The van der Waals surface area contributed by atoms with Gasteiger partial charge in [-0.05, 0) is 104 Å². The Bertz CT molecular complexity index is 1180. The molecule has 172 valence electrons. The lowest BCUT2D eigenvalue weighted by molar-refractivity contribution is -0.122. The quantitative estimate of drug-likeness (QED) is 0.411. The number of hydrogen-bond donors (Lipinski definition) is 1. The normalized spacial score (nSPS) is 21.2. The molecular formula is C26H29N3O3S. The number of nitrogens with one attached hydrogen (secondary N) is 1. The molecule has 7 heteroatoms. The van der Waals surface area contributed by atoms with Crippen molar-refractivity contribution in [1.29, 1.82) is 0 Å². The molecule has 0 saturated carbocycles. The fraction of sp³-hybridized carbons (Fsp3) is 0.346. The molecule has 1 fully saturated rings. The van der Waals surface area contributed by atoms with Gasteiger partial charge in [-0.15, -0.1) is 0 Å².